The lowest BCUT2D eigenvalue weighted by Gasteiger charge is -1.90. The Hall–Kier alpha value is -0.900. The van der Waals surface area contributed by atoms with E-state index in [9.17, 15) is 0 Å². The summed E-state index contributed by atoms with van der Waals surface area (Å²) in [5, 5.41) is 13.1. The Bertz CT molecular complexity index is 146. The molecule has 0 spiro atoms. The minimum Gasteiger partial charge on any atom is -0.319 e. The maximum absolute atomic E-state index is 3.81. The summed E-state index contributed by atoms with van der Waals surface area (Å²) in [6, 6.07) is 0. The van der Waals surface area contributed by atoms with E-state index in [0.717, 1.165) is 18.7 Å². The molecule has 0 saturated carbocycles. The molecule has 0 aliphatic rings. The summed E-state index contributed by atoms with van der Waals surface area (Å²) < 4.78 is 0. The number of H-pyrrole nitrogens is 1. The van der Waals surface area contributed by atoms with Crippen LogP contribution in [-0.4, -0.2) is 29.0 Å². The number of nitrogens with one attached hydrogen (secondary N) is 2. The summed E-state index contributed by atoms with van der Waals surface area (Å²) in [6.07, 6.45) is 2.74. The Labute approximate surface area is 53.7 Å². The molecule has 0 bridgehead atoms. The third-order valence-corrected chi connectivity index (χ3v) is 1.10. The fourth-order valence-corrected chi connectivity index (χ4v) is 0.601. The van der Waals surface area contributed by atoms with Crippen LogP contribution >= 0.6 is 0 Å². The first-order valence-electron chi connectivity index (χ1n) is 2.93. The molecule has 4 heteroatoms. The van der Waals surface area contributed by atoms with Crippen LogP contribution in [0.4, 0.5) is 0 Å². The van der Waals surface area contributed by atoms with E-state index in [2.05, 4.69) is 20.7 Å². The molecule has 1 aromatic rings. The summed E-state index contributed by atoms with van der Waals surface area (Å²) >= 11 is 0. The summed E-state index contributed by atoms with van der Waals surface area (Å²) in [6.45, 7) is 0.951. The summed E-state index contributed by atoms with van der Waals surface area (Å²) in [7, 11) is 1.92. The SMILES string of the molecule is CNCCc1c[nH]nn1. The average molecular weight is 126 g/mol. The zero-order valence-electron chi connectivity index (χ0n) is 5.39. The van der Waals surface area contributed by atoms with Gasteiger partial charge in [0, 0.05) is 19.2 Å². The number of hydrogen-bond acceptors (Lipinski definition) is 3. The quantitative estimate of drug-likeness (QED) is 0.577. The van der Waals surface area contributed by atoms with Crippen molar-refractivity contribution in [1.82, 2.24) is 20.7 Å². The van der Waals surface area contributed by atoms with Crippen molar-refractivity contribution < 1.29 is 0 Å². The van der Waals surface area contributed by atoms with Crippen LogP contribution < -0.4 is 5.32 Å². The van der Waals surface area contributed by atoms with Crippen molar-refractivity contribution in [1.29, 1.82) is 0 Å². The van der Waals surface area contributed by atoms with E-state index in [0.29, 0.717) is 0 Å². The van der Waals surface area contributed by atoms with E-state index in [-0.39, 0.29) is 0 Å². The minimum absolute atomic E-state index is 0.938. The molecule has 1 aromatic heterocycles. The van der Waals surface area contributed by atoms with Gasteiger partial charge < -0.3 is 5.32 Å². The molecule has 1 rings (SSSR count). The molecule has 4 nitrogen and oxygen atoms in total. The predicted molar refractivity (Wildman–Crippen MR) is 34.0 cm³/mol. The highest BCUT2D eigenvalue weighted by atomic mass is 15.3. The van der Waals surface area contributed by atoms with Crippen molar-refractivity contribution in [2.45, 2.75) is 6.42 Å². The van der Waals surface area contributed by atoms with Crippen molar-refractivity contribution in [2.24, 2.45) is 0 Å². The molecular formula is C5H10N4. The molecule has 0 fully saturated rings. The Kier molecular flexibility index (Phi) is 2.21. The molecule has 2 N–H and O–H groups in total. The Balaban J connectivity index is 2.30. The van der Waals surface area contributed by atoms with Crippen LogP contribution in [0, 0.1) is 0 Å². The first kappa shape index (κ1) is 6.22. The topological polar surface area (TPSA) is 53.6 Å². The molecule has 0 atom stereocenters. The van der Waals surface area contributed by atoms with Crippen LogP contribution in [0.15, 0.2) is 6.20 Å². The van der Waals surface area contributed by atoms with Gasteiger partial charge in [0.2, 0.25) is 0 Å². The number of aromatic nitrogens is 3. The maximum Gasteiger partial charge on any atom is 0.0837 e. The van der Waals surface area contributed by atoms with Gasteiger partial charge >= 0.3 is 0 Å². The van der Waals surface area contributed by atoms with Crippen LogP contribution in [-0.2, 0) is 6.42 Å². The lowest BCUT2D eigenvalue weighted by atomic mass is 10.3. The number of likely N-dealkylation sites (N-methyl/N-ethyl adjacent to an activating group) is 1. The Morgan fingerprint density at radius 3 is 3.22 bits per heavy atom. The molecule has 0 radical (unpaired) electrons. The number of rotatable bonds is 3. The highest BCUT2D eigenvalue weighted by molar-refractivity contribution is 4.90. The van der Waals surface area contributed by atoms with Gasteiger partial charge in [-0.1, -0.05) is 5.21 Å². The third kappa shape index (κ3) is 1.81. The molecule has 0 aromatic carbocycles. The molecule has 1 heterocycles. The standard InChI is InChI=1S/C5H10N4/c1-6-3-2-5-4-7-9-8-5/h4,6H,2-3H2,1H3,(H,7,8,9). The molecule has 0 aliphatic heterocycles. The van der Waals surface area contributed by atoms with Crippen LogP contribution in [0.1, 0.15) is 5.69 Å². The van der Waals surface area contributed by atoms with Crippen LogP contribution in [0.3, 0.4) is 0 Å². The lowest BCUT2D eigenvalue weighted by Crippen LogP contribution is -2.10. The van der Waals surface area contributed by atoms with Gasteiger partial charge in [-0.05, 0) is 7.05 Å². The Morgan fingerprint density at radius 2 is 2.67 bits per heavy atom. The number of aromatic amines is 1. The van der Waals surface area contributed by atoms with E-state index in [4.69, 9.17) is 0 Å². The maximum atomic E-state index is 3.81. The average Bonchev–Trinajstić information content (AvgIpc) is 2.34. The van der Waals surface area contributed by atoms with E-state index in [1.54, 1.807) is 6.20 Å². The van der Waals surface area contributed by atoms with E-state index >= 15 is 0 Å². The van der Waals surface area contributed by atoms with E-state index in [1.807, 2.05) is 7.05 Å². The minimum atomic E-state index is 0.938. The van der Waals surface area contributed by atoms with Crippen molar-refractivity contribution >= 4 is 0 Å². The van der Waals surface area contributed by atoms with Gasteiger partial charge in [-0.25, -0.2) is 0 Å². The predicted octanol–water partition coefficient (Wildman–Crippen LogP) is -0.433. The highest BCUT2D eigenvalue weighted by Gasteiger charge is 1.91. The van der Waals surface area contributed by atoms with E-state index in [1.165, 1.54) is 0 Å². The second-order valence-electron chi connectivity index (χ2n) is 1.82. The monoisotopic (exact) mass is 126 g/mol. The van der Waals surface area contributed by atoms with Crippen molar-refractivity contribution in [2.75, 3.05) is 13.6 Å². The second kappa shape index (κ2) is 3.19. The van der Waals surface area contributed by atoms with Crippen LogP contribution in [0.25, 0.3) is 0 Å². The smallest absolute Gasteiger partial charge is 0.0837 e. The van der Waals surface area contributed by atoms with Crippen molar-refractivity contribution in [3.63, 3.8) is 0 Å². The summed E-state index contributed by atoms with van der Waals surface area (Å²) in [4.78, 5) is 0. The Morgan fingerprint density at radius 1 is 1.78 bits per heavy atom. The number of hydrogen-bond donors (Lipinski definition) is 2. The first-order valence-corrected chi connectivity index (χ1v) is 2.93. The van der Waals surface area contributed by atoms with Gasteiger partial charge in [0.1, 0.15) is 0 Å². The van der Waals surface area contributed by atoms with Crippen molar-refractivity contribution in [3.05, 3.63) is 11.9 Å². The van der Waals surface area contributed by atoms with Gasteiger partial charge in [0.25, 0.3) is 0 Å². The van der Waals surface area contributed by atoms with E-state index < -0.39 is 0 Å². The van der Waals surface area contributed by atoms with Crippen molar-refractivity contribution in [3.8, 4) is 0 Å². The molecule has 0 unspecified atom stereocenters. The number of nitrogens with zero attached hydrogens (tertiary/aromatic N) is 2. The normalized spacial score (nSPS) is 9.89. The summed E-state index contributed by atoms with van der Waals surface area (Å²) in [5.74, 6) is 0. The third-order valence-electron chi connectivity index (χ3n) is 1.10. The zero-order chi connectivity index (χ0) is 6.53. The van der Waals surface area contributed by atoms with Gasteiger partial charge in [-0.2, -0.15) is 0 Å². The lowest BCUT2D eigenvalue weighted by molar-refractivity contribution is 0.771. The van der Waals surface area contributed by atoms with Crippen LogP contribution in [0.2, 0.25) is 0 Å². The fourth-order valence-electron chi connectivity index (χ4n) is 0.601. The van der Waals surface area contributed by atoms with Crippen LogP contribution in [0.5, 0.6) is 0 Å². The van der Waals surface area contributed by atoms with Gasteiger partial charge in [-0.3, -0.25) is 5.10 Å². The fraction of sp³-hybridized carbons (Fsp3) is 0.600. The molecule has 0 saturated heterocycles. The largest absolute Gasteiger partial charge is 0.319 e. The molecule has 0 amide bonds. The second-order valence-corrected chi connectivity index (χ2v) is 1.82. The molecule has 50 valence electrons. The molecular weight excluding hydrogens is 116 g/mol. The first-order chi connectivity index (χ1) is 4.43. The van der Waals surface area contributed by atoms with Gasteiger partial charge in [0.15, 0.2) is 0 Å². The molecule has 9 heavy (non-hydrogen) atoms. The highest BCUT2D eigenvalue weighted by Crippen LogP contribution is 1.86. The zero-order valence-corrected chi connectivity index (χ0v) is 5.39. The van der Waals surface area contributed by atoms with Gasteiger partial charge in [0.05, 0.1) is 5.69 Å². The van der Waals surface area contributed by atoms with Gasteiger partial charge in [-0.15, -0.1) is 5.10 Å². The molecule has 0 aliphatic carbocycles. The summed E-state index contributed by atoms with van der Waals surface area (Å²) in [5.41, 5.74) is 1.00.